The molecule has 0 aliphatic heterocycles. The topological polar surface area (TPSA) is 14.1 Å². The standard InChI is InChI=1S/C8H12N.Li/c1-5-6(2)8(4)9-7(5)3;/h1-4H3;/q-1;+1. The molecule has 10 heavy (non-hydrogen) atoms. The molecule has 1 nitrogen and oxygen atoms in total. The number of aryl methyl sites for hydroxylation is 2. The van der Waals surface area contributed by atoms with Gasteiger partial charge in [0, 0.05) is 0 Å². The van der Waals surface area contributed by atoms with Crippen molar-refractivity contribution in [2.24, 2.45) is 0 Å². The molecule has 0 fully saturated rings. The maximum atomic E-state index is 4.31. The molecule has 0 bridgehead atoms. The molecule has 1 heterocycles. The first-order valence-corrected chi connectivity index (χ1v) is 3.20. The number of hydrogen-bond donors (Lipinski definition) is 0. The molecule has 0 radical (unpaired) electrons. The Morgan fingerprint density at radius 3 is 1.20 bits per heavy atom. The van der Waals surface area contributed by atoms with Crippen molar-refractivity contribution in [3.05, 3.63) is 22.5 Å². The molecular formula is C8H12LiN. The van der Waals surface area contributed by atoms with Crippen molar-refractivity contribution in [1.82, 2.24) is 4.98 Å². The Bertz CT molecular complexity index is 203. The van der Waals surface area contributed by atoms with E-state index < -0.39 is 0 Å². The zero-order valence-electron chi connectivity index (χ0n) is 7.45. The quantitative estimate of drug-likeness (QED) is 0.405. The predicted octanol–water partition coefficient (Wildman–Crippen LogP) is -1.12. The van der Waals surface area contributed by atoms with E-state index in [0.717, 1.165) is 0 Å². The third-order valence-electron chi connectivity index (χ3n) is 1.98. The Hall–Kier alpha value is -0.123. The molecular weight excluding hydrogens is 117 g/mol. The zero-order chi connectivity index (χ0) is 7.02. The fraction of sp³-hybridized carbons (Fsp3) is 0.500. The molecule has 0 amide bonds. The van der Waals surface area contributed by atoms with Crippen molar-refractivity contribution in [3.8, 4) is 0 Å². The summed E-state index contributed by atoms with van der Waals surface area (Å²) in [6.45, 7) is 8.33. The summed E-state index contributed by atoms with van der Waals surface area (Å²) < 4.78 is 0. The van der Waals surface area contributed by atoms with Crippen molar-refractivity contribution >= 4 is 0 Å². The van der Waals surface area contributed by atoms with E-state index in [-0.39, 0.29) is 18.9 Å². The van der Waals surface area contributed by atoms with Crippen LogP contribution in [0.2, 0.25) is 0 Å². The van der Waals surface area contributed by atoms with Crippen LogP contribution in [0, 0.1) is 27.7 Å². The van der Waals surface area contributed by atoms with Crippen LogP contribution >= 0.6 is 0 Å². The maximum Gasteiger partial charge on any atom is 1.00 e. The first-order chi connectivity index (χ1) is 4.13. The van der Waals surface area contributed by atoms with Gasteiger partial charge in [0.05, 0.1) is 0 Å². The molecule has 0 unspecified atom stereocenters. The Balaban J connectivity index is 0.000000810. The van der Waals surface area contributed by atoms with Crippen LogP contribution in [0.1, 0.15) is 22.5 Å². The van der Waals surface area contributed by atoms with E-state index in [4.69, 9.17) is 0 Å². The molecule has 0 aromatic carbocycles. The van der Waals surface area contributed by atoms with E-state index in [2.05, 4.69) is 32.7 Å². The third-order valence-corrected chi connectivity index (χ3v) is 1.98. The van der Waals surface area contributed by atoms with Gasteiger partial charge in [-0.25, -0.2) is 0 Å². The molecule has 0 N–H and O–H groups in total. The summed E-state index contributed by atoms with van der Waals surface area (Å²) in [5.41, 5.74) is 5.02. The van der Waals surface area contributed by atoms with Gasteiger partial charge in [-0.1, -0.05) is 25.0 Å². The van der Waals surface area contributed by atoms with Gasteiger partial charge in [0.2, 0.25) is 0 Å². The van der Waals surface area contributed by atoms with E-state index in [0.29, 0.717) is 0 Å². The molecule has 1 aromatic rings. The normalized spacial score (nSPS) is 9.20. The molecule has 0 aliphatic rings. The predicted molar refractivity (Wildman–Crippen MR) is 38.7 cm³/mol. The van der Waals surface area contributed by atoms with Crippen LogP contribution in [0.5, 0.6) is 0 Å². The SMILES string of the molecule is Cc1[n-]c(C)c(C)c1C.[Li+]. The average molecular weight is 129 g/mol. The second kappa shape index (κ2) is 3.32. The van der Waals surface area contributed by atoms with Crippen LogP contribution in [0.3, 0.4) is 0 Å². The fourth-order valence-electron chi connectivity index (χ4n) is 0.962. The zero-order valence-corrected chi connectivity index (χ0v) is 7.45. The van der Waals surface area contributed by atoms with Crippen LogP contribution in [0.4, 0.5) is 0 Å². The molecule has 50 valence electrons. The number of nitrogens with zero attached hydrogens (tertiary/aromatic N) is 1. The van der Waals surface area contributed by atoms with Gasteiger partial charge < -0.3 is 4.98 Å². The van der Waals surface area contributed by atoms with Crippen molar-refractivity contribution < 1.29 is 18.9 Å². The summed E-state index contributed by atoms with van der Waals surface area (Å²) in [6, 6.07) is 0. The van der Waals surface area contributed by atoms with Gasteiger partial charge in [-0.2, -0.15) is 11.4 Å². The Morgan fingerprint density at radius 1 is 0.800 bits per heavy atom. The summed E-state index contributed by atoms with van der Waals surface area (Å²) in [6.07, 6.45) is 0. The number of rotatable bonds is 0. The van der Waals surface area contributed by atoms with E-state index >= 15 is 0 Å². The summed E-state index contributed by atoms with van der Waals surface area (Å²) in [4.78, 5) is 4.31. The van der Waals surface area contributed by atoms with Crippen molar-refractivity contribution in [3.63, 3.8) is 0 Å². The third kappa shape index (κ3) is 1.48. The van der Waals surface area contributed by atoms with E-state index in [1.807, 2.05) is 0 Å². The van der Waals surface area contributed by atoms with Crippen LogP contribution in [0.15, 0.2) is 0 Å². The van der Waals surface area contributed by atoms with E-state index in [9.17, 15) is 0 Å². The second-order valence-corrected chi connectivity index (χ2v) is 2.53. The monoisotopic (exact) mass is 129 g/mol. The Labute approximate surface area is 74.4 Å². The van der Waals surface area contributed by atoms with Crippen LogP contribution < -0.4 is 23.8 Å². The van der Waals surface area contributed by atoms with Gasteiger partial charge >= 0.3 is 18.9 Å². The minimum atomic E-state index is 0. The van der Waals surface area contributed by atoms with Crippen molar-refractivity contribution in [2.45, 2.75) is 27.7 Å². The van der Waals surface area contributed by atoms with Gasteiger partial charge in [-0.15, -0.1) is 0 Å². The molecule has 1 aromatic heterocycles. The smallest absolute Gasteiger partial charge is 0.665 e. The number of aromatic nitrogens is 1. The second-order valence-electron chi connectivity index (χ2n) is 2.53. The van der Waals surface area contributed by atoms with Gasteiger partial charge in [0.1, 0.15) is 0 Å². The first-order valence-electron chi connectivity index (χ1n) is 3.20. The Morgan fingerprint density at radius 2 is 1.10 bits per heavy atom. The molecule has 0 saturated carbocycles. The average Bonchev–Trinajstić information content (AvgIpc) is 1.98. The largest absolute Gasteiger partial charge is 1.00 e. The molecule has 0 spiro atoms. The fourth-order valence-corrected chi connectivity index (χ4v) is 0.962. The van der Waals surface area contributed by atoms with Crippen LogP contribution in [-0.2, 0) is 0 Å². The van der Waals surface area contributed by atoms with Gasteiger partial charge in [0.25, 0.3) is 0 Å². The summed E-state index contributed by atoms with van der Waals surface area (Å²) >= 11 is 0. The van der Waals surface area contributed by atoms with Crippen LogP contribution in [0.25, 0.3) is 0 Å². The summed E-state index contributed by atoms with van der Waals surface area (Å²) in [7, 11) is 0. The van der Waals surface area contributed by atoms with Gasteiger partial charge in [-0.05, 0) is 13.8 Å². The molecule has 1 rings (SSSR count). The minimum absolute atomic E-state index is 0. The van der Waals surface area contributed by atoms with Gasteiger partial charge in [0.15, 0.2) is 0 Å². The minimum Gasteiger partial charge on any atom is -0.665 e. The van der Waals surface area contributed by atoms with E-state index in [1.165, 1.54) is 22.5 Å². The Kier molecular flexibility index (Phi) is 3.28. The molecule has 0 atom stereocenters. The van der Waals surface area contributed by atoms with E-state index in [1.54, 1.807) is 0 Å². The first kappa shape index (κ1) is 9.88. The molecule has 2 heteroatoms. The molecule has 0 saturated heterocycles. The van der Waals surface area contributed by atoms with Crippen LogP contribution in [-0.4, -0.2) is 0 Å². The van der Waals surface area contributed by atoms with Crippen molar-refractivity contribution in [1.29, 1.82) is 0 Å². The van der Waals surface area contributed by atoms with Crippen molar-refractivity contribution in [2.75, 3.05) is 0 Å². The summed E-state index contributed by atoms with van der Waals surface area (Å²) in [5.74, 6) is 0. The molecule has 0 aliphatic carbocycles. The van der Waals surface area contributed by atoms with Gasteiger partial charge in [-0.3, -0.25) is 0 Å². The maximum absolute atomic E-state index is 4.31. The summed E-state index contributed by atoms with van der Waals surface area (Å²) in [5, 5.41) is 0. The number of hydrogen-bond acceptors (Lipinski definition) is 0.